The SMILES string of the molecule is Cc1nnn(Cc2cc(C(F)(F)F)ccc2/C=C/C(=O)N2CCC[C@@H](F)C2)n1.Cc1nnn(Cc2cc(C(F)(F)F)ccc2/C=C/C(=O)N2CCC[C@H](F)C2)n1. The molecule has 2 aromatic heterocycles. The maximum absolute atomic E-state index is 13.5. The maximum Gasteiger partial charge on any atom is 0.416 e. The maximum atomic E-state index is 13.5. The van der Waals surface area contributed by atoms with E-state index in [0.717, 1.165) is 24.3 Å². The number of tetrazole rings is 2. The largest absolute Gasteiger partial charge is 0.416 e. The summed E-state index contributed by atoms with van der Waals surface area (Å²) in [6.45, 7) is 4.16. The van der Waals surface area contributed by atoms with Gasteiger partial charge in [-0.3, -0.25) is 9.59 Å². The summed E-state index contributed by atoms with van der Waals surface area (Å²) < 4.78 is 105. The van der Waals surface area contributed by atoms with E-state index < -0.39 is 35.8 Å². The van der Waals surface area contributed by atoms with Crippen LogP contribution < -0.4 is 0 Å². The molecule has 0 N–H and O–H groups in total. The molecule has 2 aliphatic rings. The van der Waals surface area contributed by atoms with Crippen molar-refractivity contribution in [2.45, 2.75) is 77.3 Å². The van der Waals surface area contributed by atoms with Gasteiger partial charge in [0.2, 0.25) is 11.8 Å². The van der Waals surface area contributed by atoms with Crippen LogP contribution in [0.3, 0.4) is 0 Å². The molecular formula is C36H38F8N10O2. The van der Waals surface area contributed by atoms with E-state index in [4.69, 9.17) is 0 Å². The van der Waals surface area contributed by atoms with Crippen LogP contribution in [0.1, 0.15) is 70.7 Å². The third-order valence-corrected chi connectivity index (χ3v) is 8.83. The number of piperidine rings is 2. The number of carbonyl (C=O) groups is 2. The molecule has 4 heterocycles. The Morgan fingerprint density at radius 3 is 1.39 bits per heavy atom. The van der Waals surface area contributed by atoms with Gasteiger partial charge in [-0.2, -0.15) is 35.9 Å². The summed E-state index contributed by atoms with van der Waals surface area (Å²) in [5, 5.41) is 22.9. The molecule has 0 unspecified atom stereocenters. The van der Waals surface area contributed by atoms with Crippen molar-refractivity contribution < 1.29 is 44.7 Å². The first-order valence-electron chi connectivity index (χ1n) is 17.6. The van der Waals surface area contributed by atoms with Crippen LogP contribution in [-0.2, 0) is 35.0 Å². The van der Waals surface area contributed by atoms with Gasteiger partial charge in [0, 0.05) is 25.2 Å². The number of halogens is 8. The molecule has 2 amide bonds. The van der Waals surface area contributed by atoms with E-state index in [-0.39, 0.29) is 38.0 Å². The molecule has 12 nitrogen and oxygen atoms in total. The van der Waals surface area contributed by atoms with Gasteiger partial charge >= 0.3 is 12.4 Å². The number of amides is 2. The van der Waals surface area contributed by atoms with Crippen LogP contribution in [-0.4, -0.2) is 101 Å². The molecule has 0 radical (unpaired) electrons. The Labute approximate surface area is 315 Å². The number of rotatable bonds is 8. The third-order valence-electron chi connectivity index (χ3n) is 8.83. The van der Waals surface area contributed by atoms with E-state index in [0.29, 0.717) is 72.7 Å². The molecule has 2 fully saturated rings. The van der Waals surface area contributed by atoms with Gasteiger partial charge < -0.3 is 9.80 Å². The third kappa shape index (κ3) is 11.7. The fraction of sp³-hybridized carbons (Fsp3) is 0.444. The number of hydrogen-bond donors (Lipinski definition) is 0. The first-order valence-corrected chi connectivity index (χ1v) is 17.6. The van der Waals surface area contributed by atoms with Crippen molar-refractivity contribution in [3.63, 3.8) is 0 Å². The molecule has 4 aromatic rings. The minimum atomic E-state index is -4.50. The highest BCUT2D eigenvalue weighted by Gasteiger charge is 2.32. The van der Waals surface area contributed by atoms with Crippen LogP contribution in [0.4, 0.5) is 35.1 Å². The summed E-state index contributed by atoms with van der Waals surface area (Å²) >= 11 is 0. The highest BCUT2D eigenvalue weighted by Crippen LogP contribution is 2.32. The zero-order valence-corrected chi connectivity index (χ0v) is 30.3. The molecule has 0 spiro atoms. The second kappa shape index (κ2) is 17.9. The Kier molecular flexibility index (Phi) is 13.3. The van der Waals surface area contributed by atoms with Crippen LogP contribution in [0.2, 0.25) is 0 Å². The number of likely N-dealkylation sites (tertiary alicyclic amines) is 2. The summed E-state index contributed by atoms with van der Waals surface area (Å²) in [7, 11) is 0. The topological polar surface area (TPSA) is 128 Å². The molecule has 2 aromatic carbocycles. The van der Waals surface area contributed by atoms with Crippen LogP contribution in [0.5, 0.6) is 0 Å². The summed E-state index contributed by atoms with van der Waals surface area (Å²) in [6.07, 6.45) is -3.68. The molecule has 0 bridgehead atoms. The average Bonchev–Trinajstić information content (AvgIpc) is 3.75. The highest BCUT2D eigenvalue weighted by molar-refractivity contribution is 5.92. The average molecular weight is 795 g/mol. The van der Waals surface area contributed by atoms with Crippen molar-refractivity contribution in [2.24, 2.45) is 0 Å². The number of nitrogens with zero attached hydrogens (tertiary/aromatic N) is 10. The second-order valence-electron chi connectivity index (χ2n) is 13.3. The van der Waals surface area contributed by atoms with Crippen molar-refractivity contribution in [3.8, 4) is 0 Å². The first kappa shape index (κ1) is 41.6. The monoisotopic (exact) mass is 794 g/mol. The van der Waals surface area contributed by atoms with E-state index in [9.17, 15) is 44.7 Å². The smallest absolute Gasteiger partial charge is 0.336 e. The molecule has 2 atom stereocenters. The molecule has 0 saturated carbocycles. The van der Waals surface area contributed by atoms with Gasteiger partial charge in [-0.25, -0.2) is 8.78 Å². The number of aromatic nitrogens is 8. The lowest BCUT2D eigenvalue weighted by Gasteiger charge is -2.28. The lowest BCUT2D eigenvalue weighted by atomic mass is 10.0. The molecular weight excluding hydrogens is 756 g/mol. The Hall–Kier alpha value is -5.56. The van der Waals surface area contributed by atoms with E-state index in [1.807, 2.05) is 0 Å². The summed E-state index contributed by atoms with van der Waals surface area (Å²) in [5.41, 5.74) is -0.190. The Balaban J connectivity index is 0.000000214. The summed E-state index contributed by atoms with van der Waals surface area (Å²) in [4.78, 5) is 29.7. The van der Waals surface area contributed by atoms with Gasteiger partial charge in [0.05, 0.1) is 37.3 Å². The summed E-state index contributed by atoms with van der Waals surface area (Å²) in [5.74, 6) is 0.0427. The number of carbonyl (C=O) groups excluding carboxylic acids is 2. The molecule has 2 aliphatic heterocycles. The lowest BCUT2D eigenvalue weighted by molar-refractivity contribution is -0.138. The van der Waals surface area contributed by atoms with Crippen molar-refractivity contribution in [2.75, 3.05) is 26.2 Å². The van der Waals surface area contributed by atoms with E-state index in [1.54, 1.807) is 13.8 Å². The van der Waals surface area contributed by atoms with Crippen molar-refractivity contribution in [1.29, 1.82) is 0 Å². The predicted octanol–water partition coefficient (Wildman–Crippen LogP) is 6.04. The second-order valence-corrected chi connectivity index (χ2v) is 13.3. The van der Waals surface area contributed by atoms with Crippen LogP contribution in [0.15, 0.2) is 48.6 Å². The molecule has 6 rings (SSSR count). The zero-order chi connectivity index (χ0) is 40.6. The fourth-order valence-corrected chi connectivity index (χ4v) is 6.03. The van der Waals surface area contributed by atoms with Gasteiger partial charge in [-0.1, -0.05) is 12.1 Å². The molecule has 20 heteroatoms. The number of hydrogen-bond acceptors (Lipinski definition) is 8. The minimum absolute atomic E-state index is 0.0328. The van der Waals surface area contributed by atoms with Gasteiger partial charge in [0.25, 0.3) is 0 Å². The first-order chi connectivity index (χ1) is 26.4. The zero-order valence-electron chi connectivity index (χ0n) is 30.3. The minimum Gasteiger partial charge on any atom is -0.336 e. The molecule has 300 valence electrons. The Morgan fingerprint density at radius 1 is 0.679 bits per heavy atom. The fourth-order valence-electron chi connectivity index (χ4n) is 6.03. The van der Waals surface area contributed by atoms with Gasteiger partial charge in [0.15, 0.2) is 11.6 Å². The van der Waals surface area contributed by atoms with Gasteiger partial charge in [0.1, 0.15) is 12.3 Å². The number of alkyl halides is 8. The van der Waals surface area contributed by atoms with Crippen molar-refractivity contribution in [3.05, 3.63) is 93.6 Å². The normalized spacial score (nSPS) is 18.0. The number of aryl methyl sites for hydroxylation is 2. The molecule has 0 aliphatic carbocycles. The quantitative estimate of drug-likeness (QED) is 0.156. The van der Waals surface area contributed by atoms with E-state index in [2.05, 4.69) is 30.8 Å². The Bertz CT molecular complexity index is 1900. The summed E-state index contributed by atoms with van der Waals surface area (Å²) in [6, 6.07) is 6.49. The standard InChI is InChI=1S/2C18H19F4N5O/c2*1-12-23-25-27(24-12)10-14-9-15(18(20,21)22)6-4-13(14)5-7-17(28)26-8-2-3-16(19)11-26/h2*4-7,9,16H,2-3,8,10-11H2,1H3/b2*7-5+/t2*16-/m10/s1. The number of benzene rings is 2. The molecule has 2 saturated heterocycles. The molecule has 56 heavy (non-hydrogen) atoms. The van der Waals surface area contributed by atoms with Crippen LogP contribution in [0, 0.1) is 13.8 Å². The van der Waals surface area contributed by atoms with E-state index in [1.165, 1.54) is 55.8 Å². The van der Waals surface area contributed by atoms with Crippen molar-refractivity contribution in [1.82, 2.24) is 50.2 Å². The van der Waals surface area contributed by atoms with Crippen molar-refractivity contribution >= 4 is 24.0 Å². The lowest BCUT2D eigenvalue weighted by Crippen LogP contribution is -2.39. The van der Waals surface area contributed by atoms with Gasteiger partial charge in [-0.05, 0) is 109 Å². The van der Waals surface area contributed by atoms with E-state index >= 15 is 0 Å². The highest BCUT2D eigenvalue weighted by atomic mass is 19.4. The Morgan fingerprint density at radius 2 is 1.07 bits per heavy atom. The van der Waals surface area contributed by atoms with Crippen LogP contribution >= 0.6 is 0 Å². The predicted molar refractivity (Wildman–Crippen MR) is 186 cm³/mol. The van der Waals surface area contributed by atoms with Crippen LogP contribution in [0.25, 0.3) is 12.2 Å². The van der Waals surface area contributed by atoms with Gasteiger partial charge in [-0.15, -0.1) is 20.4 Å².